The van der Waals surface area contributed by atoms with Gasteiger partial charge >= 0.3 is 0 Å². The van der Waals surface area contributed by atoms with Crippen molar-refractivity contribution in [2.24, 2.45) is 7.05 Å². The van der Waals surface area contributed by atoms with Crippen LogP contribution in [0.4, 0.5) is 0 Å². The average Bonchev–Trinajstić information content (AvgIpc) is 3.09. The van der Waals surface area contributed by atoms with Crippen molar-refractivity contribution in [1.82, 2.24) is 29.9 Å². The van der Waals surface area contributed by atoms with Crippen LogP contribution in [0.25, 0.3) is 5.69 Å². The van der Waals surface area contributed by atoms with Gasteiger partial charge in [-0.1, -0.05) is 23.2 Å². The molecule has 10 heteroatoms. The topological polar surface area (TPSA) is 80.5 Å². The first-order valence-corrected chi connectivity index (χ1v) is 9.32. The normalized spacial score (nSPS) is 11.0. The van der Waals surface area contributed by atoms with Crippen molar-refractivity contribution in [2.75, 3.05) is 0 Å². The summed E-state index contributed by atoms with van der Waals surface area (Å²) in [5, 5.41) is 15.1. The summed E-state index contributed by atoms with van der Waals surface area (Å²) in [5.41, 5.74) is 3.32. The summed E-state index contributed by atoms with van der Waals surface area (Å²) < 4.78 is 3.99. The average molecular weight is 425 g/mol. The molecule has 0 bridgehead atoms. The van der Waals surface area contributed by atoms with Crippen molar-refractivity contribution in [3.63, 3.8) is 0 Å². The molecule has 142 valence electrons. The monoisotopic (exact) mass is 424 g/mol. The number of H-pyrrole nitrogens is 1. The van der Waals surface area contributed by atoms with Crippen LogP contribution in [0.2, 0.25) is 10.0 Å². The molecule has 0 aliphatic rings. The quantitative estimate of drug-likeness (QED) is 0.614. The summed E-state index contributed by atoms with van der Waals surface area (Å²) >= 11 is 17.1. The number of carbonyl (C=O) groups excluding carboxylic acids is 1. The van der Waals surface area contributed by atoms with Crippen LogP contribution in [0.5, 0.6) is 0 Å². The molecule has 7 nitrogen and oxygen atoms in total. The van der Waals surface area contributed by atoms with E-state index < -0.39 is 0 Å². The van der Waals surface area contributed by atoms with E-state index in [2.05, 4.69) is 20.6 Å². The molecule has 0 saturated carbocycles. The van der Waals surface area contributed by atoms with E-state index in [0.717, 1.165) is 22.6 Å². The van der Waals surface area contributed by atoms with E-state index in [1.807, 2.05) is 19.9 Å². The predicted octanol–water partition coefficient (Wildman–Crippen LogP) is 3.45. The van der Waals surface area contributed by atoms with Gasteiger partial charge in [-0.2, -0.15) is 10.2 Å². The molecule has 0 atom stereocenters. The second-order valence-corrected chi connectivity index (χ2v) is 7.32. The van der Waals surface area contributed by atoms with Gasteiger partial charge in [0.2, 0.25) is 5.91 Å². The van der Waals surface area contributed by atoms with Crippen LogP contribution in [-0.4, -0.2) is 30.5 Å². The third-order valence-electron chi connectivity index (χ3n) is 4.34. The smallest absolute Gasteiger partial charge is 0.224 e. The Labute approximate surface area is 171 Å². The van der Waals surface area contributed by atoms with Crippen molar-refractivity contribution in [3.05, 3.63) is 55.8 Å². The molecule has 3 rings (SSSR count). The molecule has 0 aliphatic carbocycles. The van der Waals surface area contributed by atoms with Crippen molar-refractivity contribution in [3.8, 4) is 5.69 Å². The summed E-state index contributed by atoms with van der Waals surface area (Å²) in [7, 11) is 1.79. The van der Waals surface area contributed by atoms with Gasteiger partial charge in [-0.25, -0.2) is 4.68 Å². The van der Waals surface area contributed by atoms with E-state index in [0.29, 0.717) is 27.2 Å². The third kappa shape index (κ3) is 4.07. The largest absolute Gasteiger partial charge is 0.349 e. The lowest BCUT2D eigenvalue weighted by molar-refractivity contribution is -0.120. The number of nitrogens with zero attached hydrogens (tertiary/aromatic N) is 4. The molecule has 27 heavy (non-hydrogen) atoms. The zero-order valence-corrected chi connectivity index (χ0v) is 17.3. The van der Waals surface area contributed by atoms with Crippen molar-refractivity contribution in [1.29, 1.82) is 0 Å². The van der Waals surface area contributed by atoms with E-state index in [1.54, 1.807) is 28.4 Å². The van der Waals surface area contributed by atoms with Crippen LogP contribution >= 0.6 is 35.4 Å². The Balaban J connectivity index is 1.76. The second-order valence-electron chi connectivity index (χ2n) is 6.12. The number of aromatic nitrogens is 5. The van der Waals surface area contributed by atoms with Gasteiger partial charge in [0.05, 0.1) is 34.4 Å². The summed E-state index contributed by atoms with van der Waals surface area (Å²) in [6.07, 6.45) is 0.216. The molecular formula is C17H18Cl2N6OS. The van der Waals surface area contributed by atoms with Gasteiger partial charge in [-0.15, -0.1) is 0 Å². The van der Waals surface area contributed by atoms with E-state index in [4.69, 9.17) is 35.4 Å². The van der Waals surface area contributed by atoms with Gasteiger partial charge in [0.15, 0.2) is 10.6 Å². The fourth-order valence-corrected chi connectivity index (χ4v) is 3.18. The van der Waals surface area contributed by atoms with E-state index in [-0.39, 0.29) is 12.3 Å². The van der Waals surface area contributed by atoms with Crippen LogP contribution in [0.15, 0.2) is 18.2 Å². The molecule has 0 spiro atoms. The number of carbonyl (C=O) groups is 1. The zero-order chi connectivity index (χ0) is 19.7. The van der Waals surface area contributed by atoms with E-state index in [9.17, 15) is 4.79 Å². The van der Waals surface area contributed by atoms with Gasteiger partial charge in [0, 0.05) is 18.3 Å². The first kappa shape index (κ1) is 19.6. The molecule has 1 aromatic carbocycles. The van der Waals surface area contributed by atoms with Crippen molar-refractivity contribution in [2.45, 2.75) is 26.8 Å². The maximum absolute atomic E-state index is 12.4. The molecule has 0 unspecified atom stereocenters. The predicted molar refractivity (Wildman–Crippen MR) is 107 cm³/mol. The van der Waals surface area contributed by atoms with Gasteiger partial charge in [0.1, 0.15) is 0 Å². The molecule has 0 saturated heterocycles. The minimum absolute atomic E-state index is 0.121. The molecule has 0 radical (unpaired) electrons. The van der Waals surface area contributed by atoms with Crippen molar-refractivity contribution < 1.29 is 4.79 Å². The highest BCUT2D eigenvalue weighted by Crippen LogP contribution is 2.26. The number of nitrogens with one attached hydrogen (secondary N) is 2. The van der Waals surface area contributed by atoms with Crippen LogP contribution in [0.1, 0.15) is 22.8 Å². The minimum atomic E-state index is -0.121. The SMILES string of the molecule is Cc1nn(-c2ccc(Cl)c(Cl)c2)c(C)c1CC(=O)NCc1n[nH]c(=S)n1C. The number of aromatic amines is 1. The molecule has 2 N–H and O–H groups in total. The van der Waals surface area contributed by atoms with Crippen LogP contribution in [0, 0.1) is 18.6 Å². The lowest BCUT2D eigenvalue weighted by Crippen LogP contribution is -2.26. The van der Waals surface area contributed by atoms with Crippen molar-refractivity contribution >= 4 is 41.3 Å². The Kier molecular flexibility index (Phi) is 5.69. The van der Waals surface area contributed by atoms with Crippen LogP contribution in [0.3, 0.4) is 0 Å². The first-order valence-electron chi connectivity index (χ1n) is 8.15. The molecular weight excluding hydrogens is 407 g/mol. The fraction of sp³-hybridized carbons (Fsp3) is 0.294. The molecule has 0 fully saturated rings. The van der Waals surface area contributed by atoms with E-state index in [1.165, 1.54) is 0 Å². The van der Waals surface area contributed by atoms with Gasteiger partial charge in [-0.3, -0.25) is 9.89 Å². The summed E-state index contributed by atoms with van der Waals surface area (Å²) in [5.74, 6) is 0.539. The van der Waals surface area contributed by atoms with E-state index >= 15 is 0 Å². The van der Waals surface area contributed by atoms with Gasteiger partial charge in [-0.05, 0) is 44.3 Å². The molecule has 0 aliphatic heterocycles. The Bertz CT molecular complexity index is 1070. The van der Waals surface area contributed by atoms with Gasteiger partial charge in [0.25, 0.3) is 0 Å². The number of amides is 1. The highest BCUT2D eigenvalue weighted by atomic mass is 35.5. The standard InChI is InChI=1S/C17H18Cl2N6OS/c1-9-12(7-16(26)20-8-15-21-22-17(27)24(15)3)10(2)25(23-9)11-4-5-13(18)14(19)6-11/h4-6H,7-8H2,1-3H3,(H,20,26)(H,22,27). The molecule has 1 amide bonds. The summed E-state index contributed by atoms with van der Waals surface area (Å²) in [6, 6.07) is 5.30. The number of halogens is 2. The minimum Gasteiger partial charge on any atom is -0.349 e. The van der Waals surface area contributed by atoms with Crippen LogP contribution < -0.4 is 5.32 Å². The first-order chi connectivity index (χ1) is 12.8. The summed E-state index contributed by atoms with van der Waals surface area (Å²) in [6.45, 7) is 4.09. The second kappa shape index (κ2) is 7.84. The third-order valence-corrected chi connectivity index (χ3v) is 5.45. The maximum Gasteiger partial charge on any atom is 0.224 e. The number of rotatable bonds is 5. The Morgan fingerprint density at radius 3 is 2.67 bits per heavy atom. The summed E-state index contributed by atoms with van der Waals surface area (Å²) in [4.78, 5) is 12.4. The number of aryl methyl sites for hydroxylation is 1. The lowest BCUT2D eigenvalue weighted by Gasteiger charge is -2.07. The Hall–Kier alpha value is -2.16. The highest BCUT2D eigenvalue weighted by Gasteiger charge is 2.17. The maximum atomic E-state index is 12.4. The van der Waals surface area contributed by atoms with Gasteiger partial charge < -0.3 is 9.88 Å². The molecule has 3 aromatic rings. The number of benzene rings is 1. The Morgan fingerprint density at radius 2 is 2.04 bits per heavy atom. The molecule has 2 aromatic heterocycles. The lowest BCUT2D eigenvalue weighted by atomic mass is 10.1. The van der Waals surface area contributed by atoms with Crippen LogP contribution in [-0.2, 0) is 24.8 Å². The highest BCUT2D eigenvalue weighted by molar-refractivity contribution is 7.71. The number of hydrogen-bond acceptors (Lipinski definition) is 4. The zero-order valence-electron chi connectivity index (χ0n) is 15.0. The Morgan fingerprint density at radius 1 is 1.30 bits per heavy atom. The molecule has 2 heterocycles. The fourth-order valence-electron chi connectivity index (χ4n) is 2.74. The number of hydrogen-bond donors (Lipinski definition) is 2.